The van der Waals surface area contributed by atoms with Crippen molar-refractivity contribution in [1.82, 2.24) is 15.0 Å². The standard InChI is InChI=1S/C25H19N2O.C14H14N.Ir/c1-15-7-4-5-8-18(15)22-13-23(26-14-16(22)2)21-10-6-9-19-20-12-11-17(3)27-25(20)28-24(19)21;1-10-4-6-13(7-5-10)14-8-11(2)12(3)9-15-14;/h4-9,11-14H,1-3H3;4-6,8-9H,1-3H3;/q2*-1;. The first-order valence-electron chi connectivity index (χ1n) is 14.4. The number of aryl methyl sites for hydroxylation is 6. The summed E-state index contributed by atoms with van der Waals surface area (Å²) in [6, 6.07) is 33.4. The molecule has 221 valence electrons. The van der Waals surface area contributed by atoms with E-state index >= 15 is 0 Å². The topological polar surface area (TPSA) is 51.8 Å². The fourth-order valence-electron chi connectivity index (χ4n) is 5.16. The van der Waals surface area contributed by atoms with Crippen LogP contribution in [0.3, 0.4) is 0 Å². The molecule has 0 aliphatic heterocycles. The molecule has 0 fully saturated rings. The van der Waals surface area contributed by atoms with E-state index in [9.17, 15) is 0 Å². The SMILES string of the molecule is Cc1c[c-]c(-c2cc(C)c(C)cn2)cc1.Cc1ccc2c(n1)oc1c(-c3cc(-c4ccccc4C)c(C)cn3)[c-]ccc12.[Ir]. The van der Waals surface area contributed by atoms with Crippen LogP contribution in [-0.4, -0.2) is 15.0 Å². The Hall–Kier alpha value is -4.44. The summed E-state index contributed by atoms with van der Waals surface area (Å²) in [6.45, 7) is 12.4. The van der Waals surface area contributed by atoms with Crippen LogP contribution in [0.2, 0.25) is 0 Å². The number of furan rings is 1. The Morgan fingerprint density at radius 2 is 1.41 bits per heavy atom. The summed E-state index contributed by atoms with van der Waals surface area (Å²) in [7, 11) is 0. The van der Waals surface area contributed by atoms with Crippen molar-refractivity contribution in [3.63, 3.8) is 0 Å². The Bertz CT molecular complexity index is 2090. The van der Waals surface area contributed by atoms with Gasteiger partial charge in [0, 0.05) is 43.6 Å². The van der Waals surface area contributed by atoms with E-state index in [1.54, 1.807) is 0 Å². The van der Waals surface area contributed by atoms with Crippen molar-refractivity contribution in [3.8, 4) is 33.6 Å². The zero-order chi connectivity index (χ0) is 30.1. The number of pyridine rings is 3. The van der Waals surface area contributed by atoms with Crippen molar-refractivity contribution in [2.75, 3.05) is 0 Å². The van der Waals surface area contributed by atoms with Gasteiger partial charge in [-0.15, -0.1) is 53.6 Å². The maximum Gasteiger partial charge on any atom is 0.216 e. The predicted molar refractivity (Wildman–Crippen MR) is 176 cm³/mol. The normalized spacial score (nSPS) is 10.8. The Morgan fingerprint density at radius 3 is 2.16 bits per heavy atom. The average molecular weight is 752 g/mol. The van der Waals surface area contributed by atoms with Gasteiger partial charge in [0.05, 0.1) is 5.58 Å². The molecule has 3 aromatic carbocycles. The minimum Gasteiger partial charge on any atom is -0.486 e. The van der Waals surface area contributed by atoms with Gasteiger partial charge in [-0.05, 0) is 86.0 Å². The van der Waals surface area contributed by atoms with Crippen LogP contribution >= 0.6 is 0 Å². The third-order valence-electron chi connectivity index (χ3n) is 7.85. The zero-order valence-electron chi connectivity index (χ0n) is 25.7. The minimum atomic E-state index is 0. The van der Waals surface area contributed by atoms with Gasteiger partial charge < -0.3 is 14.4 Å². The molecule has 0 unspecified atom stereocenters. The van der Waals surface area contributed by atoms with E-state index in [1.165, 1.54) is 33.4 Å². The Balaban J connectivity index is 0.000000204. The molecule has 0 bridgehead atoms. The monoisotopic (exact) mass is 752 g/mol. The number of rotatable bonds is 3. The van der Waals surface area contributed by atoms with E-state index < -0.39 is 0 Å². The molecule has 0 atom stereocenters. The first kappa shape index (κ1) is 31.0. The van der Waals surface area contributed by atoms with Gasteiger partial charge >= 0.3 is 0 Å². The molecule has 0 saturated carbocycles. The van der Waals surface area contributed by atoms with Gasteiger partial charge in [-0.3, -0.25) is 0 Å². The summed E-state index contributed by atoms with van der Waals surface area (Å²) in [5.74, 6) is 0. The largest absolute Gasteiger partial charge is 0.486 e. The molecular weight excluding hydrogens is 719 g/mol. The molecule has 4 aromatic heterocycles. The van der Waals surface area contributed by atoms with E-state index in [2.05, 4.69) is 111 Å². The molecule has 0 amide bonds. The van der Waals surface area contributed by atoms with E-state index in [-0.39, 0.29) is 20.1 Å². The minimum absolute atomic E-state index is 0. The number of aromatic nitrogens is 3. The zero-order valence-corrected chi connectivity index (χ0v) is 28.1. The summed E-state index contributed by atoms with van der Waals surface area (Å²) in [5, 5.41) is 2.05. The molecule has 0 N–H and O–H groups in total. The molecule has 7 aromatic rings. The van der Waals surface area contributed by atoms with Gasteiger partial charge in [0.1, 0.15) is 0 Å². The number of nitrogens with zero attached hydrogens (tertiary/aromatic N) is 3. The smallest absolute Gasteiger partial charge is 0.216 e. The summed E-state index contributed by atoms with van der Waals surface area (Å²) in [4.78, 5) is 13.6. The number of hydrogen-bond donors (Lipinski definition) is 0. The van der Waals surface area contributed by atoms with Crippen LogP contribution < -0.4 is 0 Å². The summed E-state index contributed by atoms with van der Waals surface area (Å²) in [5.41, 5.74) is 14.7. The van der Waals surface area contributed by atoms with Crippen molar-refractivity contribution in [2.24, 2.45) is 0 Å². The molecule has 0 aliphatic rings. The van der Waals surface area contributed by atoms with Crippen LogP contribution in [0.4, 0.5) is 0 Å². The molecule has 5 heteroatoms. The van der Waals surface area contributed by atoms with Crippen LogP contribution in [0.25, 0.3) is 55.7 Å². The molecule has 4 nitrogen and oxygen atoms in total. The number of benzene rings is 3. The second-order valence-corrected chi connectivity index (χ2v) is 11.1. The van der Waals surface area contributed by atoms with E-state index in [1.807, 2.05) is 43.6 Å². The van der Waals surface area contributed by atoms with E-state index in [0.717, 1.165) is 50.1 Å². The van der Waals surface area contributed by atoms with Crippen molar-refractivity contribution in [2.45, 2.75) is 41.5 Å². The fraction of sp³-hybridized carbons (Fsp3) is 0.154. The average Bonchev–Trinajstić information content (AvgIpc) is 3.38. The number of fused-ring (bicyclic) bond motifs is 3. The molecule has 44 heavy (non-hydrogen) atoms. The summed E-state index contributed by atoms with van der Waals surface area (Å²) >= 11 is 0. The van der Waals surface area contributed by atoms with Crippen LogP contribution in [0.5, 0.6) is 0 Å². The van der Waals surface area contributed by atoms with Crippen molar-refractivity contribution < 1.29 is 24.5 Å². The molecule has 0 saturated heterocycles. The van der Waals surface area contributed by atoms with Crippen LogP contribution in [-0.2, 0) is 20.1 Å². The molecule has 7 rings (SSSR count). The molecule has 1 radical (unpaired) electrons. The van der Waals surface area contributed by atoms with Crippen molar-refractivity contribution >= 4 is 22.1 Å². The molecule has 4 heterocycles. The molecular formula is C39H33IrN3O-2. The van der Waals surface area contributed by atoms with Crippen LogP contribution in [0.15, 0.2) is 95.7 Å². The van der Waals surface area contributed by atoms with Gasteiger partial charge in [0.2, 0.25) is 5.71 Å². The summed E-state index contributed by atoms with van der Waals surface area (Å²) in [6.07, 6.45) is 3.84. The Kier molecular flexibility index (Phi) is 9.19. The second-order valence-electron chi connectivity index (χ2n) is 11.1. The quantitative estimate of drug-likeness (QED) is 0.169. The van der Waals surface area contributed by atoms with Gasteiger partial charge in [-0.25, -0.2) is 4.98 Å². The van der Waals surface area contributed by atoms with Gasteiger partial charge in [-0.1, -0.05) is 59.8 Å². The van der Waals surface area contributed by atoms with Crippen molar-refractivity contribution in [3.05, 3.63) is 137 Å². The fourth-order valence-corrected chi connectivity index (χ4v) is 5.16. The van der Waals surface area contributed by atoms with Crippen LogP contribution in [0.1, 0.15) is 33.5 Å². The van der Waals surface area contributed by atoms with E-state index in [0.29, 0.717) is 5.71 Å². The predicted octanol–water partition coefficient (Wildman–Crippen LogP) is 9.91. The third-order valence-corrected chi connectivity index (χ3v) is 7.85. The summed E-state index contributed by atoms with van der Waals surface area (Å²) < 4.78 is 6.14. The Morgan fingerprint density at radius 1 is 0.636 bits per heavy atom. The first-order valence-corrected chi connectivity index (χ1v) is 14.4. The maximum absolute atomic E-state index is 6.14. The second kappa shape index (κ2) is 13.1. The maximum atomic E-state index is 6.14. The molecule has 0 spiro atoms. The van der Waals surface area contributed by atoms with E-state index in [4.69, 9.17) is 9.40 Å². The third kappa shape index (κ3) is 6.26. The van der Waals surface area contributed by atoms with Crippen LogP contribution in [0, 0.1) is 53.7 Å². The Labute approximate surface area is 272 Å². The van der Waals surface area contributed by atoms with Gasteiger partial charge in [0.25, 0.3) is 0 Å². The van der Waals surface area contributed by atoms with Gasteiger partial charge in [0.15, 0.2) is 0 Å². The van der Waals surface area contributed by atoms with Gasteiger partial charge in [-0.2, -0.15) is 0 Å². The van der Waals surface area contributed by atoms with Crippen molar-refractivity contribution in [1.29, 1.82) is 0 Å². The number of hydrogen-bond acceptors (Lipinski definition) is 4. The first-order chi connectivity index (χ1) is 20.8. The molecule has 0 aliphatic carbocycles.